The molecule has 0 radical (unpaired) electrons. The summed E-state index contributed by atoms with van der Waals surface area (Å²) < 4.78 is 33.3. The van der Waals surface area contributed by atoms with E-state index in [9.17, 15) is 19.0 Å². The van der Waals surface area contributed by atoms with E-state index >= 15 is 0 Å². The predicted molar refractivity (Wildman–Crippen MR) is 395 cm³/mol. The maximum absolute atomic E-state index is 12.8. The summed E-state index contributed by atoms with van der Waals surface area (Å²) in [5.74, 6) is -0.810. The lowest BCUT2D eigenvalue weighted by atomic mass is 10.0. The van der Waals surface area contributed by atoms with E-state index in [1.54, 1.807) is 0 Å². The van der Waals surface area contributed by atoms with Gasteiger partial charge in [-0.3, -0.25) is 18.6 Å². The maximum atomic E-state index is 12.8. The van der Waals surface area contributed by atoms with Crippen LogP contribution in [0, 0.1) is 0 Å². The van der Waals surface area contributed by atoms with Gasteiger partial charge in [-0.2, -0.15) is 0 Å². The lowest BCUT2D eigenvalue weighted by Crippen LogP contribution is -2.29. The molecule has 0 fully saturated rings. The van der Waals surface area contributed by atoms with Crippen LogP contribution in [0.25, 0.3) is 0 Å². The van der Waals surface area contributed by atoms with Gasteiger partial charge >= 0.3 is 19.8 Å². The number of nitrogens with two attached hydrogens (primary N) is 1. The molecule has 0 amide bonds. The van der Waals surface area contributed by atoms with E-state index in [0.717, 1.165) is 83.5 Å². The van der Waals surface area contributed by atoms with E-state index in [-0.39, 0.29) is 38.6 Å². The van der Waals surface area contributed by atoms with Crippen molar-refractivity contribution in [3.8, 4) is 0 Å². The molecular formula is C81H146NO8P. The standard InChI is InChI=1S/C81H146NO8P/c1-3-5-7-9-11-13-15-17-19-21-23-25-27-29-31-33-34-35-36-37-38-39-40-41-42-43-44-46-48-50-52-54-56-58-60-62-64-66-68-70-72-74-81(84)90-79(78-89-91(85,86)88-76-75-82)77-87-80(83)73-71-69-67-65-63-61-59-57-55-53-51-49-47-45-32-30-28-26-24-22-20-18-16-14-12-10-8-6-4-2/h5-8,11-14,17-20,23-26,79H,3-4,9-10,15-16,21-22,27-78,82H2,1-2H3,(H,85,86)/b7-5-,8-6-,13-11-,14-12-,19-17-,20-18-,25-23-,26-24-. The zero-order chi connectivity index (χ0) is 65.8. The minimum atomic E-state index is -4.40. The number of phosphoric acid groups is 1. The molecule has 0 aromatic rings. The highest BCUT2D eigenvalue weighted by Crippen LogP contribution is 2.43. The van der Waals surface area contributed by atoms with Crippen LogP contribution < -0.4 is 5.73 Å². The lowest BCUT2D eigenvalue weighted by molar-refractivity contribution is -0.161. The third kappa shape index (κ3) is 75.8. The van der Waals surface area contributed by atoms with Crippen LogP contribution in [0.15, 0.2) is 97.2 Å². The van der Waals surface area contributed by atoms with Crippen molar-refractivity contribution in [3.05, 3.63) is 97.2 Å². The third-order valence-corrected chi connectivity index (χ3v) is 17.9. The second kappa shape index (κ2) is 76.0. The summed E-state index contributed by atoms with van der Waals surface area (Å²) >= 11 is 0. The zero-order valence-corrected chi connectivity index (χ0v) is 60.5. The molecule has 10 heteroatoms. The molecule has 0 aromatic carbocycles. The fourth-order valence-electron chi connectivity index (χ4n) is 11.3. The van der Waals surface area contributed by atoms with Crippen LogP contribution in [0.1, 0.15) is 373 Å². The summed E-state index contributed by atoms with van der Waals surface area (Å²) in [7, 11) is -4.40. The molecule has 528 valence electrons. The van der Waals surface area contributed by atoms with Crippen molar-refractivity contribution >= 4 is 19.8 Å². The molecule has 0 bridgehead atoms. The van der Waals surface area contributed by atoms with Crippen LogP contribution in [0.3, 0.4) is 0 Å². The Labute approximate surface area is 563 Å². The minimum absolute atomic E-state index is 0.0534. The third-order valence-electron chi connectivity index (χ3n) is 17.0. The van der Waals surface area contributed by atoms with Gasteiger partial charge in [-0.1, -0.05) is 368 Å². The highest BCUT2D eigenvalue weighted by Gasteiger charge is 2.26. The number of hydrogen-bond donors (Lipinski definition) is 2. The van der Waals surface area contributed by atoms with Gasteiger partial charge in [0.15, 0.2) is 6.10 Å². The van der Waals surface area contributed by atoms with Crippen LogP contribution in [0.2, 0.25) is 0 Å². The first-order valence-corrected chi connectivity index (χ1v) is 40.2. The minimum Gasteiger partial charge on any atom is -0.462 e. The Bertz CT molecular complexity index is 1820. The van der Waals surface area contributed by atoms with Crippen LogP contribution in [0.4, 0.5) is 0 Å². The Hall–Kier alpha value is -3.07. The number of phosphoric ester groups is 1. The van der Waals surface area contributed by atoms with Gasteiger partial charge < -0.3 is 20.1 Å². The van der Waals surface area contributed by atoms with Crippen molar-refractivity contribution < 1.29 is 37.6 Å². The number of hydrogen-bond acceptors (Lipinski definition) is 8. The van der Waals surface area contributed by atoms with Gasteiger partial charge in [0.25, 0.3) is 0 Å². The van der Waals surface area contributed by atoms with Crippen molar-refractivity contribution in [2.45, 2.75) is 380 Å². The van der Waals surface area contributed by atoms with Crippen LogP contribution in [-0.2, 0) is 32.7 Å². The van der Waals surface area contributed by atoms with E-state index < -0.39 is 26.5 Å². The number of carbonyl (C=O) groups excluding carboxylic acids is 2. The Kier molecular flexibility index (Phi) is 73.4. The van der Waals surface area contributed by atoms with Gasteiger partial charge in [-0.15, -0.1) is 0 Å². The summed E-state index contributed by atoms with van der Waals surface area (Å²) in [6, 6.07) is 0. The smallest absolute Gasteiger partial charge is 0.462 e. The van der Waals surface area contributed by atoms with Gasteiger partial charge in [-0.05, 0) is 89.9 Å². The van der Waals surface area contributed by atoms with E-state index in [0.29, 0.717) is 6.42 Å². The predicted octanol–water partition coefficient (Wildman–Crippen LogP) is 25.9. The lowest BCUT2D eigenvalue weighted by Gasteiger charge is -2.19. The molecule has 9 nitrogen and oxygen atoms in total. The number of esters is 2. The molecule has 91 heavy (non-hydrogen) atoms. The topological polar surface area (TPSA) is 134 Å². The van der Waals surface area contributed by atoms with Gasteiger partial charge in [0.05, 0.1) is 13.2 Å². The number of carbonyl (C=O) groups is 2. The van der Waals surface area contributed by atoms with E-state index in [1.807, 2.05) is 0 Å². The Balaban J connectivity index is 3.76. The molecule has 0 heterocycles. The number of allylic oxidation sites excluding steroid dienone is 16. The Morgan fingerprint density at radius 1 is 0.330 bits per heavy atom. The molecule has 2 unspecified atom stereocenters. The number of rotatable bonds is 73. The molecular weight excluding hydrogens is 1150 g/mol. The molecule has 0 aliphatic heterocycles. The molecule has 0 rings (SSSR count). The highest BCUT2D eigenvalue weighted by molar-refractivity contribution is 7.47. The average Bonchev–Trinajstić information content (AvgIpc) is 3.74. The second-order valence-electron chi connectivity index (χ2n) is 25.8. The quantitative estimate of drug-likeness (QED) is 0.0264. The largest absolute Gasteiger partial charge is 0.472 e. The average molecular weight is 1290 g/mol. The first-order valence-electron chi connectivity index (χ1n) is 38.7. The van der Waals surface area contributed by atoms with Crippen molar-refractivity contribution in [2.24, 2.45) is 5.73 Å². The van der Waals surface area contributed by atoms with Crippen molar-refractivity contribution in [3.63, 3.8) is 0 Å². The SMILES string of the molecule is CC/C=C\C/C=C\C/C=C\C/C=C\CCCCCCCCCCCCCCCCCCCCCCCCCCCCCCC(=O)OC(COC(=O)CCCCCCCCCCCCCCCCCC/C=C\C/C=C\C/C=C\C/C=C\CC)COP(=O)(O)OCCN. The molecule has 3 N–H and O–H groups in total. The highest BCUT2D eigenvalue weighted by atomic mass is 31.2. The maximum Gasteiger partial charge on any atom is 0.472 e. The fourth-order valence-corrected chi connectivity index (χ4v) is 12.1. The van der Waals surface area contributed by atoms with Crippen molar-refractivity contribution in [1.29, 1.82) is 0 Å². The monoisotopic (exact) mass is 1290 g/mol. The fraction of sp³-hybridized carbons (Fsp3) is 0.778. The summed E-state index contributed by atoms with van der Waals surface area (Å²) in [6.45, 7) is 3.57. The van der Waals surface area contributed by atoms with Crippen LogP contribution >= 0.6 is 7.82 Å². The summed E-state index contributed by atoms with van der Waals surface area (Å²) in [5.41, 5.74) is 5.41. The number of unbranched alkanes of at least 4 members (excludes halogenated alkanes) is 44. The first kappa shape index (κ1) is 87.9. The molecule has 0 saturated heterocycles. The normalized spacial score (nSPS) is 13.4. The molecule has 0 aromatic heterocycles. The summed E-state index contributed by atoms with van der Waals surface area (Å²) in [4.78, 5) is 35.4. The molecule has 2 atom stereocenters. The summed E-state index contributed by atoms with van der Waals surface area (Å²) in [5, 5.41) is 0. The summed E-state index contributed by atoms with van der Waals surface area (Å²) in [6.07, 6.45) is 104. The van der Waals surface area contributed by atoms with Gasteiger partial charge in [0, 0.05) is 19.4 Å². The number of ether oxygens (including phenoxy) is 2. The molecule has 0 saturated carbocycles. The van der Waals surface area contributed by atoms with E-state index in [1.165, 1.54) is 257 Å². The van der Waals surface area contributed by atoms with Gasteiger partial charge in [0.2, 0.25) is 0 Å². The molecule has 0 spiro atoms. The van der Waals surface area contributed by atoms with Crippen molar-refractivity contribution in [1.82, 2.24) is 0 Å². The second-order valence-corrected chi connectivity index (χ2v) is 27.3. The Morgan fingerprint density at radius 2 is 0.571 bits per heavy atom. The molecule has 0 aliphatic carbocycles. The first-order chi connectivity index (χ1) is 44.8. The zero-order valence-electron chi connectivity index (χ0n) is 59.6. The van der Waals surface area contributed by atoms with E-state index in [2.05, 4.69) is 111 Å². The van der Waals surface area contributed by atoms with Gasteiger partial charge in [0.1, 0.15) is 6.61 Å². The Morgan fingerprint density at radius 3 is 0.846 bits per heavy atom. The van der Waals surface area contributed by atoms with Gasteiger partial charge in [-0.25, -0.2) is 4.57 Å². The van der Waals surface area contributed by atoms with Crippen LogP contribution in [0.5, 0.6) is 0 Å². The van der Waals surface area contributed by atoms with Crippen LogP contribution in [-0.4, -0.2) is 49.3 Å². The molecule has 0 aliphatic rings. The van der Waals surface area contributed by atoms with Crippen molar-refractivity contribution in [2.75, 3.05) is 26.4 Å². The van der Waals surface area contributed by atoms with E-state index in [4.69, 9.17) is 24.3 Å².